The molecule has 1 N–H and O–H groups in total. The van der Waals surface area contributed by atoms with Gasteiger partial charge in [-0.3, -0.25) is 0 Å². The van der Waals surface area contributed by atoms with Crippen molar-refractivity contribution in [2.24, 2.45) is 0 Å². The maximum atomic E-state index is 3.48. The Morgan fingerprint density at radius 2 is 2.14 bits per heavy atom. The second kappa shape index (κ2) is 7.24. The number of piperidine rings is 1. The zero-order valence-electron chi connectivity index (χ0n) is 9.89. The van der Waals surface area contributed by atoms with Gasteiger partial charge in [0.15, 0.2) is 0 Å². The van der Waals surface area contributed by atoms with E-state index in [2.05, 4.69) is 24.2 Å². The van der Waals surface area contributed by atoms with Gasteiger partial charge in [-0.25, -0.2) is 0 Å². The minimum atomic E-state index is 0.797. The van der Waals surface area contributed by atoms with Crippen molar-refractivity contribution in [2.75, 3.05) is 26.7 Å². The summed E-state index contributed by atoms with van der Waals surface area (Å²) >= 11 is 0. The smallest absolute Gasteiger partial charge is 0.0218 e. The number of nitrogens with one attached hydrogen (secondary N) is 1. The van der Waals surface area contributed by atoms with Gasteiger partial charge in [-0.2, -0.15) is 0 Å². The number of unbranched alkanes of at least 4 members (excludes halogenated alkanes) is 3. The third-order valence-electron chi connectivity index (χ3n) is 3.26. The zero-order valence-corrected chi connectivity index (χ0v) is 9.89. The van der Waals surface area contributed by atoms with Crippen LogP contribution in [0.2, 0.25) is 0 Å². The summed E-state index contributed by atoms with van der Waals surface area (Å²) in [7, 11) is 2.28. The number of rotatable bonds is 6. The molecule has 0 aromatic heterocycles. The fraction of sp³-hybridized carbons (Fsp3) is 1.00. The first-order valence-electron chi connectivity index (χ1n) is 6.25. The summed E-state index contributed by atoms with van der Waals surface area (Å²) in [5, 5.41) is 3.48. The van der Waals surface area contributed by atoms with Gasteiger partial charge in [0.25, 0.3) is 0 Å². The third-order valence-corrected chi connectivity index (χ3v) is 3.26. The summed E-state index contributed by atoms with van der Waals surface area (Å²) in [5.41, 5.74) is 0. The molecule has 1 rings (SSSR count). The van der Waals surface area contributed by atoms with Crippen LogP contribution in [0.15, 0.2) is 0 Å². The first-order chi connectivity index (χ1) is 6.84. The molecule has 0 aliphatic carbocycles. The lowest BCUT2D eigenvalue weighted by molar-refractivity contribution is 0.199. The van der Waals surface area contributed by atoms with E-state index in [0.29, 0.717) is 0 Å². The largest absolute Gasteiger partial charge is 0.315 e. The summed E-state index contributed by atoms with van der Waals surface area (Å²) in [6, 6.07) is 0.797. The van der Waals surface area contributed by atoms with Crippen LogP contribution in [0.1, 0.15) is 45.4 Å². The lowest BCUT2D eigenvalue weighted by atomic mass is 10.1. The van der Waals surface area contributed by atoms with Crippen LogP contribution in [0.25, 0.3) is 0 Å². The Bertz CT molecular complexity index is 130. The molecule has 1 unspecified atom stereocenters. The Hall–Kier alpha value is -0.0800. The molecule has 1 heterocycles. The van der Waals surface area contributed by atoms with Gasteiger partial charge >= 0.3 is 0 Å². The second-order valence-electron chi connectivity index (χ2n) is 4.54. The summed E-state index contributed by atoms with van der Waals surface area (Å²) in [5.74, 6) is 0. The average molecular weight is 198 g/mol. The summed E-state index contributed by atoms with van der Waals surface area (Å²) < 4.78 is 0. The topological polar surface area (TPSA) is 15.3 Å². The lowest BCUT2D eigenvalue weighted by Crippen LogP contribution is -2.44. The van der Waals surface area contributed by atoms with Crippen molar-refractivity contribution >= 4 is 0 Å². The molecule has 1 saturated heterocycles. The first-order valence-corrected chi connectivity index (χ1v) is 6.25. The zero-order chi connectivity index (χ0) is 10.2. The van der Waals surface area contributed by atoms with Crippen LogP contribution >= 0.6 is 0 Å². The minimum Gasteiger partial charge on any atom is -0.315 e. The molecule has 0 saturated carbocycles. The Labute approximate surface area is 89.1 Å². The van der Waals surface area contributed by atoms with E-state index >= 15 is 0 Å². The third kappa shape index (κ3) is 4.43. The molecule has 1 fully saturated rings. The molecule has 84 valence electrons. The Kier molecular flexibility index (Phi) is 6.20. The van der Waals surface area contributed by atoms with Gasteiger partial charge in [0, 0.05) is 12.6 Å². The monoisotopic (exact) mass is 198 g/mol. The molecule has 0 aromatic rings. The van der Waals surface area contributed by atoms with Gasteiger partial charge in [0.2, 0.25) is 0 Å². The van der Waals surface area contributed by atoms with Crippen LogP contribution in [-0.4, -0.2) is 37.6 Å². The average Bonchev–Trinajstić information content (AvgIpc) is 2.25. The number of nitrogens with zero attached hydrogens (tertiary/aromatic N) is 1. The van der Waals surface area contributed by atoms with Crippen molar-refractivity contribution in [2.45, 2.75) is 51.5 Å². The molecular weight excluding hydrogens is 172 g/mol. The highest BCUT2D eigenvalue weighted by Gasteiger charge is 2.16. The molecule has 0 bridgehead atoms. The standard InChI is InChI=1S/C12H26N2/c1-3-4-5-6-10-14(2)12-8-7-9-13-11-12/h12-13H,3-11H2,1-2H3. The predicted molar refractivity (Wildman–Crippen MR) is 62.7 cm³/mol. The van der Waals surface area contributed by atoms with Gasteiger partial charge in [-0.15, -0.1) is 0 Å². The van der Waals surface area contributed by atoms with E-state index in [9.17, 15) is 0 Å². The summed E-state index contributed by atoms with van der Waals surface area (Å²) in [4.78, 5) is 2.54. The van der Waals surface area contributed by atoms with E-state index in [0.717, 1.165) is 6.04 Å². The summed E-state index contributed by atoms with van der Waals surface area (Å²) in [6.07, 6.45) is 8.26. The second-order valence-corrected chi connectivity index (χ2v) is 4.54. The lowest BCUT2D eigenvalue weighted by Gasteiger charge is -2.31. The van der Waals surface area contributed by atoms with Crippen molar-refractivity contribution < 1.29 is 0 Å². The van der Waals surface area contributed by atoms with Crippen molar-refractivity contribution in [3.05, 3.63) is 0 Å². The fourth-order valence-corrected chi connectivity index (χ4v) is 2.18. The van der Waals surface area contributed by atoms with E-state index in [1.54, 1.807) is 0 Å². The van der Waals surface area contributed by atoms with Crippen LogP contribution in [-0.2, 0) is 0 Å². The molecule has 2 heteroatoms. The van der Waals surface area contributed by atoms with Gasteiger partial charge < -0.3 is 10.2 Å². The summed E-state index contributed by atoms with van der Waals surface area (Å²) in [6.45, 7) is 5.98. The number of hydrogen-bond donors (Lipinski definition) is 1. The van der Waals surface area contributed by atoms with E-state index in [4.69, 9.17) is 0 Å². The predicted octanol–water partition coefficient (Wildman–Crippen LogP) is 2.25. The van der Waals surface area contributed by atoms with Crippen LogP contribution < -0.4 is 5.32 Å². The molecule has 14 heavy (non-hydrogen) atoms. The van der Waals surface area contributed by atoms with Gasteiger partial charge in [-0.05, 0) is 39.4 Å². The maximum Gasteiger partial charge on any atom is 0.0218 e. The van der Waals surface area contributed by atoms with Gasteiger partial charge in [0.1, 0.15) is 0 Å². The highest BCUT2D eigenvalue weighted by molar-refractivity contribution is 4.76. The van der Waals surface area contributed by atoms with Crippen LogP contribution in [0, 0.1) is 0 Å². The Balaban J connectivity index is 2.04. The molecule has 0 spiro atoms. The van der Waals surface area contributed by atoms with Crippen LogP contribution in [0.5, 0.6) is 0 Å². The molecular formula is C12H26N2. The molecule has 1 aliphatic rings. The highest BCUT2D eigenvalue weighted by atomic mass is 15.1. The molecule has 0 aromatic carbocycles. The van der Waals surface area contributed by atoms with Gasteiger partial charge in [0.05, 0.1) is 0 Å². The first kappa shape index (κ1) is 12.0. The van der Waals surface area contributed by atoms with Crippen molar-refractivity contribution in [3.8, 4) is 0 Å². The SMILES string of the molecule is CCCCCCN(C)C1CCCNC1. The molecule has 0 amide bonds. The fourth-order valence-electron chi connectivity index (χ4n) is 2.18. The van der Waals surface area contributed by atoms with Crippen molar-refractivity contribution in [1.82, 2.24) is 10.2 Å². The van der Waals surface area contributed by atoms with Crippen molar-refractivity contribution in [1.29, 1.82) is 0 Å². The van der Waals surface area contributed by atoms with E-state index in [1.165, 1.54) is 58.2 Å². The minimum absolute atomic E-state index is 0.797. The molecule has 1 aliphatic heterocycles. The van der Waals surface area contributed by atoms with E-state index in [-0.39, 0.29) is 0 Å². The molecule has 2 nitrogen and oxygen atoms in total. The van der Waals surface area contributed by atoms with Crippen LogP contribution in [0.4, 0.5) is 0 Å². The molecule has 0 radical (unpaired) electrons. The van der Waals surface area contributed by atoms with Crippen LogP contribution in [0.3, 0.4) is 0 Å². The Morgan fingerprint density at radius 3 is 2.79 bits per heavy atom. The highest BCUT2D eigenvalue weighted by Crippen LogP contribution is 2.09. The number of hydrogen-bond acceptors (Lipinski definition) is 2. The maximum absolute atomic E-state index is 3.48. The normalized spacial score (nSPS) is 22.9. The van der Waals surface area contributed by atoms with Crippen molar-refractivity contribution in [3.63, 3.8) is 0 Å². The van der Waals surface area contributed by atoms with E-state index < -0.39 is 0 Å². The molecule has 1 atom stereocenters. The Morgan fingerprint density at radius 1 is 1.29 bits per heavy atom. The van der Waals surface area contributed by atoms with Gasteiger partial charge in [-0.1, -0.05) is 26.2 Å². The van der Waals surface area contributed by atoms with E-state index in [1.807, 2.05) is 0 Å². The quantitative estimate of drug-likeness (QED) is 0.659. The number of likely N-dealkylation sites (N-methyl/N-ethyl adjacent to an activating group) is 1.